The van der Waals surface area contributed by atoms with E-state index in [2.05, 4.69) is 0 Å². The summed E-state index contributed by atoms with van der Waals surface area (Å²) < 4.78 is 5.16. The SMILES string of the molecule is CC(C)N(C)C(=O)C1CCOC1. The van der Waals surface area contributed by atoms with Crippen molar-refractivity contribution >= 4 is 5.91 Å². The molecule has 1 unspecified atom stereocenters. The highest BCUT2D eigenvalue weighted by atomic mass is 16.5. The minimum absolute atomic E-state index is 0.109. The van der Waals surface area contributed by atoms with Gasteiger partial charge in [-0.2, -0.15) is 0 Å². The van der Waals surface area contributed by atoms with Crippen LogP contribution in [0.15, 0.2) is 0 Å². The number of carbonyl (C=O) groups is 1. The molecular formula is C9H17NO2. The third-order valence-corrected chi connectivity index (χ3v) is 2.40. The van der Waals surface area contributed by atoms with E-state index >= 15 is 0 Å². The predicted molar refractivity (Wildman–Crippen MR) is 46.8 cm³/mol. The molecule has 1 aliphatic rings. The quantitative estimate of drug-likeness (QED) is 0.617. The first-order valence-electron chi connectivity index (χ1n) is 4.47. The average Bonchev–Trinajstić information content (AvgIpc) is 2.53. The molecule has 0 aromatic carbocycles. The summed E-state index contributed by atoms with van der Waals surface area (Å²) in [5.41, 5.74) is 0. The number of rotatable bonds is 2. The molecule has 1 aliphatic heterocycles. The number of hydrogen-bond acceptors (Lipinski definition) is 2. The molecule has 0 aliphatic carbocycles. The molecule has 1 atom stereocenters. The monoisotopic (exact) mass is 171 g/mol. The third kappa shape index (κ3) is 1.97. The van der Waals surface area contributed by atoms with E-state index in [-0.39, 0.29) is 17.9 Å². The van der Waals surface area contributed by atoms with Crippen LogP contribution >= 0.6 is 0 Å². The molecule has 0 aromatic rings. The van der Waals surface area contributed by atoms with Crippen LogP contribution in [-0.2, 0) is 9.53 Å². The molecule has 70 valence electrons. The Morgan fingerprint density at radius 1 is 1.58 bits per heavy atom. The molecule has 1 amide bonds. The van der Waals surface area contributed by atoms with E-state index in [0.717, 1.165) is 13.0 Å². The van der Waals surface area contributed by atoms with Gasteiger partial charge in [0.25, 0.3) is 0 Å². The van der Waals surface area contributed by atoms with Crippen molar-refractivity contribution in [2.45, 2.75) is 26.3 Å². The molecule has 3 nitrogen and oxygen atoms in total. The van der Waals surface area contributed by atoms with Crippen LogP contribution < -0.4 is 0 Å². The molecule has 0 spiro atoms. The Balaban J connectivity index is 2.45. The summed E-state index contributed by atoms with van der Waals surface area (Å²) in [5, 5.41) is 0. The topological polar surface area (TPSA) is 29.5 Å². The summed E-state index contributed by atoms with van der Waals surface area (Å²) in [7, 11) is 1.85. The van der Waals surface area contributed by atoms with Crippen molar-refractivity contribution < 1.29 is 9.53 Å². The summed E-state index contributed by atoms with van der Waals surface area (Å²) in [6.45, 7) is 5.39. The van der Waals surface area contributed by atoms with Crippen molar-refractivity contribution in [3.63, 3.8) is 0 Å². The highest BCUT2D eigenvalue weighted by Crippen LogP contribution is 2.15. The largest absolute Gasteiger partial charge is 0.381 e. The second kappa shape index (κ2) is 3.90. The average molecular weight is 171 g/mol. The summed E-state index contributed by atoms with van der Waals surface area (Å²) >= 11 is 0. The molecule has 0 saturated carbocycles. The third-order valence-electron chi connectivity index (χ3n) is 2.40. The zero-order valence-electron chi connectivity index (χ0n) is 8.04. The zero-order valence-corrected chi connectivity index (χ0v) is 8.04. The number of amides is 1. The van der Waals surface area contributed by atoms with Crippen LogP contribution in [0, 0.1) is 5.92 Å². The van der Waals surface area contributed by atoms with Gasteiger partial charge in [-0.3, -0.25) is 4.79 Å². The van der Waals surface area contributed by atoms with Crippen LogP contribution in [0.1, 0.15) is 20.3 Å². The molecule has 0 N–H and O–H groups in total. The number of carbonyl (C=O) groups excluding carboxylic acids is 1. The Morgan fingerprint density at radius 3 is 2.67 bits per heavy atom. The second-order valence-corrected chi connectivity index (χ2v) is 3.60. The molecule has 1 rings (SSSR count). The Morgan fingerprint density at radius 2 is 2.25 bits per heavy atom. The summed E-state index contributed by atoms with van der Waals surface area (Å²) in [6, 6.07) is 0.290. The molecule has 1 heterocycles. The Hall–Kier alpha value is -0.570. The molecule has 1 fully saturated rings. The van der Waals surface area contributed by atoms with Gasteiger partial charge in [-0.25, -0.2) is 0 Å². The van der Waals surface area contributed by atoms with Gasteiger partial charge >= 0.3 is 0 Å². The predicted octanol–water partition coefficient (Wildman–Crippen LogP) is 0.890. The van der Waals surface area contributed by atoms with E-state index in [1.165, 1.54) is 0 Å². The van der Waals surface area contributed by atoms with Crippen molar-refractivity contribution in [3.05, 3.63) is 0 Å². The van der Waals surface area contributed by atoms with E-state index in [1.54, 1.807) is 4.90 Å². The van der Waals surface area contributed by atoms with Crippen LogP contribution in [-0.4, -0.2) is 37.1 Å². The highest BCUT2D eigenvalue weighted by molar-refractivity contribution is 5.79. The van der Waals surface area contributed by atoms with Crippen LogP contribution in [0.2, 0.25) is 0 Å². The molecule has 0 aromatic heterocycles. The molecule has 12 heavy (non-hydrogen) atoms. The zero-order chi connectivity index (χ0) is 9.14. The summed E-state index contributed by atoms with van der Waals surface area (Å²) in [5.74, 6) is 0.333. The van der Waals surface area contributed by atoms with Crippen LogP contribution in [0.5, 0.6) is 0 Å². The van der Waals surface area contributed by atoms with Crippen molar-refractivity contribution in [2.75, 3.05) is 20.3 Å². The van der Waals surface area contributed by atoms with E-state index in [4.69, 9.17) is 4.74 Å². The first-order valence-corrected chi connectivity index (χ1v) is 4.47. The van der Waals surface area contributed by atoms with Gasteiger partial charge < -0.3 is 9.64 Å². The Bertz CT molecular complexity index is 158. The van der Waals surface area contributed by atoms with Gasteiger partial charge in [-0.15, -0.1) is 0 Å². The maximum Gasteiger partial charge on any atom is 0.228 e. The van der Waals surface area contributed by atoms with Gasteiger partial charge in [-0.05, 0) is 20.3 Å². The first-order chi connectivity index (χ1) is 5.63. The Labute approximate surface area is 73.7 Å². The minimum atomic E-state index is 0.109. The number of nitrogens with zero attached hydrogens (tertiary/aromatic N) is 1. The minimum Gasteiger partial charge on any atom is -0.381 e. The molecular weight excluding hydrogens is 154 g/mol. The lowest BCUT2D eigenvalue weighted by Crippen LogP contribution is -2.37. The fourth-order valence-electron chi connectivity index (χ4n) is 1.27. The fourth-order valence-corrected chi connectivity index (χ4v) is 1.27. The van der Waals surface area contributed by atoms with Crippen molar-refractivity contribution in [3.8, 4) is 0 Å². The van der Waals surface area contributed by atoms with Gasteiger partial charge in [0.05, 0.1) is 12.5 Å². The molecule has 3 heteroatoms. The maximum absolute atomic E-state index is 11.6. The van der Waals surface area contributed by atoms with Crippen molar-refractivity contribution in [2.24, 2.45) is 5.92 Å². The van der Waals surface area contributed by atoms with Crippen LogP contribution in [0.4, 0.5) is 0 Å². The van der Waals surface area contributed by atoms with Crippen molar-refractivity contribution in [1.82, 2.24) is 4.90 Å². The standard InChI is InChI=1S/C9H17NO2/c1-7(2)10(3)9(11)8-4-5-12-6-8/h7-8H,4-6H2,1-3H3. The maximum atomic E-state index is 11.6. The number of hydrogen-bond donors (Lipinski definition) is 0. The van der Waals surface area contributed by atoms with Crippen LogP contribution in [0.25, 0.3) is 0 Å². The lowest BCUT2D eigenvalue weighted by atomic mass is 10.1. The molecule has 0 radical (unpaired) electrons. The van der Waals surface area contributed by atoms with E-state index in [1.807, 2.05) is 20.9 Å². The lowest BCUT2D eigenvalue weighted by molar-refractivity contribution is -0.135. The second-order valence-electron chi connectivity index (χ2n) is 3.60. The molecule has 1 saturated heterocycles. The molecule has 0 bridgehead atoms. The van der Waals surface area contributed by atoms with Gasteiger partial charge in [0.1, 0.15) is 0 Å². The van der Waals surface area contributed by atoms with E-state index < -0.39 is 0 Å². The highest BCUT2D eigenvalue weighted by Gasteiger charge is 2.26. The summed E-state index contributed by atoms with van der Waals surface area (Å²) in [4.78, 5) is 13.4. The van der Waals surface area contributed by atoms with Gasteiger partial charge in [0.15, 0.2) is 0 Å². The van der Waals surface area contributed by atoms with Crippen molar-refractivity contribution in [1.29, 1.82) is 0 Å². The fraction of sp³-hybridized carbons (Fsp3) is 0.889. The van der Waals surface area contributed by atoms with Crippen LogP contribution in [0.3, 0.4) is 0 Å². The van der Waals surface area contributed by atoms with E-state index in [9.17, 15) is 4.79 Å². The normalized spacial score (nSPS) is 23.2. The first kappa shape index (κ1) is 9.52. The Kier molecular flexibility index (Phi) is 3.09. The van der Waals surface area contributed by atoms with E-state index in [0.29, 0.717) is 6.61 Å². The smallest absolute Gasteiger partial charge is 0.228 e. The number of ether oxygens (including phenoxy) is 1. The van der Waals surface area contributed by atoms with Gasteiger partial charge in [-0.1, -0.05) is 0 Å². The summed E-state index contributed by atoms with van der Waals surface area (Å²) in [6.07, 6.45) is 0.885. The van der Waals surface area contributed by atoms with Gasteiger partial charge in [0.2, 0.25) is 5.91 Å². The van der Waals surface area contributed by atoms with Gasteiger partial charge in [0, 0.05) is 19.7 Å². The lowest BCUT2D eigenvalue weighted by Gasteiger charge is -2.23.